The number of hydrogen-bond donors (Lipinski definition) is 0. The number of carbonyl (C=O) groups excluding carboxylic acids is 1. The Labute approximate surface area is 110 Å². The van der Waals surface area contributed by atoms with Crippen LogP contribution < -0.4 is 0 Å². The van der Waals surface area contributed by atoms with Crippen molar-refractivity contribution in [1.29, 1.82) is 0 Å². The summed E-state index contributed by atoms with van der Waals surface area (Å²) in [6.45, 7) is 2.74. The Balaban J connectivity index is 2.00. The van der Waals surface area contributed by atoms with Gasteiger partial charge in [0.2, 0.25) is 0 Å². The minimum absolute atomic E-state index is 0.269. The molecule has 3 nitrogen and oxygen atoms in total. The Morgan fingerprint density at radius 3 is 2.56 bits per heavy atom. The first-order chi connectivity index (χ1) is 8.84. The van der Waals surface area contributed by atoms with Gasteiger partial charge in [-0.3, -0.25) is 4.98 Å². The molecule has 0 bridgehead atoms. The highest BCUT2D eigenvalue weighted by atomic mass is 16.5. The van der Waals surface area contributed by atoms with Gasteiger partial charge in [0.25, 0.3) is 0 Å². The first-order valence-electron chi connectivity index (χ1n) is 6.91. The van der Waals surface area contributed by atoms with Crippen LogP contribution in [0.2, 0.25) is 0 Å². The van der Waals surface area contributed by atoms with E-state index >= 15 is 0 Å². The molecule has 0 fully saturated rings. The van der Waals surface area contributed by atoms with Crippen LogP contribution in [-0.4, -0.2) is 17.6 Å². The molecule has 0 aliphatic rings. The molecule has 0 saturated carbocycles. The molecule has 0 aliphatic heterocycles. The van der Waals surface area contributed by atoms with E-state index in [1.54, 1.807) is 18.3 Å². The maximum atomic E-state index is 11.6. The minimum Gasteiger partial charge on any atom is -0.462 e. The van der Waals surface area contributed by atoms with Crippen molar-refractivity contribution in [2.24, 2.45) is 0 Å². The second-order valence-electron chi connectivity index (χ2n) is 4.50. The normalized spacial score (nSPS) is 10.3. The van der Waals surface area contributed by atoms with Crippen molar-refractivity contribution >= 4 is 5.97 Å². The molecule has 3 heteroatoms. The number of esters is 1. The highest BCUT2D eigenvalue weighted by molar-refractivity contribution is 5.88. The Hall–Kier alpha value is -1.38. The summed E-state index contributed by atoms with van der Waals surface area (Å²) < 4.78 is 5.18. The maximum Gasteiger partial charge on any atom is 0.339 e. The lowest BCUT2D eigenvalue weighted by atomic mass is 10.1. The van der Waals surface area contributed by atoms with Gasteiger partial charge in [-0.05, 0) is 18.6 Å². The smallest absolute Gasteiger partial charge is 0.339 e. The van der Waals surface area contributed by atoms with Gasteiger partial charge in [-0.15, -0.1) is 0 Å². The number of hydrogen-bond acceptors (Lipinski definition) is 3. The maximum absolute atomic E-state index is 11.6. The van der Waals surface area contributed by atoms with Gasteiger partial charge in [0, 0.05) is 12.4 Å². The number of rotatable bonds is 9. The lowest BCUT2D eigenvalue weighted by molar-refractivity contribution is 0.0497. The van der Waals surface area contributed by atoms with E-state index in [1.807, 2.05) is 0 Å². The highest BCUT2D eigenvalue weighted by Crippen LogP contribution is 2.07. The zero-order valence-electron chi connectivity index (χ0n) is 11.2. The van der Waals surface area contributed by atoms with Gasteiger partial charge >= 0.3 is 5.97 Å². The van der Waals surface area contributed by atoms with Gasteiger partial charge in [0.1, 0.15) is 0 Å². The van der Waals surface area contributed by atoms with Gasteiger partial charge in [0.05, 0.1) is 12.2 Å². The molecule has 0 aromatic carbocycles. The average molecular weight is 249 g/mol. The summed E-state index contributed by atoms with van der Waals surface area (Å²) in [6.07, 6.45) is 11.8. The summed E-state index contributed by atoms with van der Waals surface area (Å²) in [4.78, 5) is 15.4. The Kier molecular flexibility index (Phi) is 7.85. The SMILES string of the molecule is CCCCCCCCCOC(=O)c1cccnc1. The molecule has 100 valence electrons. The van der Waals surface area contributed by atoms with E-state index in [0.717, 1.165) is 12.8 Å². The summed E-state index contributed by atoms with van der Waals surface area (Å²) in [7, 11) is 0. The van der Waals surface area contributed by atoms with Crippen LogP contribution >= 0.6 is 0 Å². The molecule has 0 N–H and O–H groups in total. The highest BCUT2D eigenvalue weighted by Gasteiger charge is 2.05. The zero-order valence-corrected chi connectivity index (χ0v) is 11.2. The fourth-order valence-electron chi connectivity index (χ4n) is 1.79. The van der Waals surface area contributed by atoms with Crippen LogP contribution in [0, 0.1) is 0 Å². The number of nitrogens with zero attached hydrogens (tertiary/aromatic N) is 1. The van der Waals surface area contributed by atoms with Crippen molar-refractivity contribution in [3.8, 4) is 0 Å². The van der Waals surface area contributed by atoms with E-state index in [0.29, 0.717) is 12.2 Å². The van der Waals surface area contributed by atoms with Crippen molar-refractivity contribution in [1.82, 2.24) is 4.98 Å². The molecule has 0 saturated heterocycles. The van der Waals surface area contributed by atoms with Crippen molar-refractivity contribution in [2.75, 3.05) is 6.61 Å². The largest absolute Gasteiger partial charge is 0.462 e. The topological polar surface area (TPSA) is 39.2 Å². The lowest BCUT2D eigenvalue weighted by Crippen LogP contribution is -2.06. The number of aromatic nitrogens is 1. The van der Waals surface area contributed by atoms with Crippen LogP contribution in [0.15, 0.2) is 24.5 Å². The third-order valence-electron chi connectivity index (χ3n) is 2.88. The molecule has 0 amide bonds. The summed E-state index contributed by atoms with van der Waals surface area (Å²) in [6, 6.07) is 3.46. The molecule has 18 heavy (non-hydrogen) atoms. The van der Waals surface area contributed by atoms with Crippen molar-refractivity contribution in [3.63, 3.8) is 0 Å². The van der Waals surface area contributed by atoms with Crippen LogP contribution in [0.4, 0.5) is 0 Å². The van der Waals surface area contributed by atoms with Crippen LogP contribution in [0.3, 0.4) is 0 Å². The van der Waals surface area contributed by atoms with Gasteiger partial charge in [-0.2, -0.15) is 0 Å². The third kappa shape index (κ3) is 6.38. The van der Waals surface area contributed by atoms with Crippen LogP contribution in [0.1, 0.15) is 62.2 Å². The van der Waals surface area contributed by atoms with E-state index in [1.165, 1.54) is 38.3 Å². The molecule has 1 aromatic rings. The minimum atomic E-state index is -0.269. The van der Waals surface area contributed by atoms with Gasteiger partial charge < -0.3 is 4.74 Å². The number of pyridine rings is 1. The standard InChI is InChI=1S/C15H23NO2/c1-2-3-4-5-6-7-8-12-18-15(17)14-10-9-11-16-13-14/h9-11,13H,2-8,12H2,1H3. The van der Waals surface area contributed by atoms with Crippen LogP contribution in [0.25, 0.3) is 0 Å². The monoisotopic (exact) mass is 249 g/mol. The molecule has 1 heterocycles. The summed E-state index contributed by atoms with van der Waals surface area (Å²) in [5.74, 6) is -0.269. The molecule has 0 atom stereocenters. The van der Waals surface area contributed by atoms with Crippen molar-refractivity contribution in [2.45, 2.75) is 51.9 Å². The van der Waals surface area contributed by atoms with Crippen molar-refractivity contribution in [3.05, 3.63) is 30.1 Å². The van der Waals surface area contributed by atoms with E-state index in [-0.39, 0.29) is 5.97 Å². The zero-order chi connectivity index (χ0) is 13.1. The number of unbranched alkanes of at least 4 members (excludes halogenated alkanes) is 6. The second-order valence-corrected chi connectivity index (χ2v) is 4.50. The predicted molar refractivity (Wildman–Crippen MR) is 72.5 cm³/mol. The van der Waals surface area contributed by atoms with E-state index < -0.39 is 0 Å². The molecule has 0 aliphatic carbocycles. The molecule has 1 rings (SSSR count). The molecular weight excluding hydrogens is 226 g/mol. The fraction of sp³-hybridized carbons (Fsp3) is 0.600. The lowest BCUT2D eigenvalue weighted by Gasteiger charge is -2.04. The van der Waals surface area contributed by atoms with E-state index in [2.05, 4.69) is 11.9 Å². The van der Waals surface area contributed by atoms with E-state index in [9.17, 15) is 4.79 Å². The summed E-state index contributed by atoms with van der Waals surface area (Å²) in [5.41, 5.74) is 0.528. The van der Waals surface area contributed by atoms with E-state index in [4.69, 9.17) is 4.74 Å². The number of ether oxygens (including phenoxy) is 1. The van der Waals surface area contributed by atoms with Gasteiger partial charge in [-0.1, -0.05) is 45.4 Å². The van der Waals surface area contributed by atoms with Gasteiger partial charge in [-0.25, -0.2) is 4.79 Å². The second kappa shape index (κ2) is 9.63. The molecule has 0 spiro atoms. The van der Waals surface area contributed by atoms with Crippen LogP contribution in [-0.2, 0) is 4.74 Å². The fourth-order valence-corrected chi connectivity index (χ4v) is 1.79. The Bertz CT molecular complexity index is 325. The van der Waals surface area contributed by atoms with Crippen molar-refractivity contribution < 1.29 is 9.53 Å². The summed E-state index contributed by atoms with van der Waals surface area (Å²) >= 11 is 0. The van der Waals surface area contributed by atoms with Gasteiger partial charge in [0.15, 0.2) is 0 Å². The van der Waals surface area contributed by atoms with Crippen LogP contribution in [0.5, 0.6) is 0 Å². The molecule has 1 aromatic heterocycles. The predicted octanol–water partition coefficient (Wildman–Crippen LogP) is 3.99. The quantitative estimate of drug-likeness (QED) is 0.490. The molecule has 0 radical (unpaired) electrons. The molecule has 0 unspecified atom stereocenters. The first-order valence-corrected chi connectivity index (χ1v) is 6.91. The first kappa shape index (κ1) is 14.7. The Morgan fingerprint density at radius 1 is 1.17 bits per heavy atom. The third-order valence-corrected chi connectivity index (χ3v) is 2.88. The molecular formula is C15H23NO2. The Morgan fingerprint density at radius 2 is 1.89 bits per heavy atom. The average Bonchev–Trinajstić information content (AvgIpc) is 2.42. The number of carbonyl (C=O) groups is 1. The summed E-state index contributed by atoms with van der Waals surface area (Å²) in [5, 5.41) is 0.